The predicted molar refractivity (Wildman–Crippen MR) is 61.7 cm³/mol. The van der Waals surface area contributed by atoms with E-state index in [1.54, 1.807) is 12.1 Å². The van der Waals surface area contributed by atoms with Crippen molar-refractivity contribution in [2.24, 2.45) is 5.41 Å². The maximum Gasteiger partial charge on any atom is 0.335 e. The molecule has 84 valence electrons. The van der Waals surface area contributed by atoms with E-state index in [4.69, 9.17) is 5.11 Å². The molecule has 3 rings (SSSR count). The minimum absolute atomic E-state index is 0.390. The van der Waals surface area contributed by atoms with Crippen molar-refractivity contribution < 1.29 is 9.90 Å². The summed E-state index contributed by atoms with van der Waals surface area (Å²) in [5.74, 6) is -0.154. The SMILES string of the molecule is O=C(O)c1ccc(C2CC3(CCC3)C2)cc1. The van der Waals surface area contributed by atoms with Crippen LogP contribution in [-0.2, 0) is 0 Å². The molecule has 2 saturated carbocycles. The Morgan fingerprint density at radius 2 is 1.81 bits per heavy atom. The molecule has 2 nitrogen and oxygen atoms in total. The Labute approximate surface area is 95.3 Å². The summed E-state index contributed by atoms with van der Waals surface area (Å²) in [5.41, 5.74) is 2.40. The first-order valence-electron chi connectivity index (χ1n) is 6.02. The van der Waals surface area contributed by atoms with Gasteiger partial charge in [0.2, 0.25) is 0 Å². The van der Waals surface area contributed by atoms with Crippen molar-refractivity contribution in [3.63, 3.8) is 0 Å². The summed E-state index contributed by atoms with van der Waals surface area (Å²) in [6.45, 7) is 0. The van der Waals surface area contributed by atoms with Gasteiger partial charge in [0.05, 0.1) is 5.56 Å². The third kappa shape index (κ3) is 1.44. The highest BCUT2D eigenvalue weighted by molar-refractivity contribution is 5.87. The Morgan fingerprint density at radius 1 is 1.19 bits per heavy atom. The standard InChI is InChI=1S/C14H16O2/c15-13(16)11-4-2-10(3-5-11)12-8-14(9-12)6-1-7-14/h2-5,12H,1,6-9H2,(H,15,16). The smallest absolute Gasteiger partial charge is 0.335 e. The second-order valence-electron chi connectivity index (χ2n) is 5.39. The van der Waals surface area contributed by atoms with Crippen molar-refractivity contribution in [3.8, 4) is 0 Å². The molecule has 0 aromatic heterocycles. The number of rotatable bonds is 2. The number of hydrogen-bond donors (Lipinski definition) is 1. The Kier molecular flexibility index (Phi) is 2.06. The molecule has 0 unspecified atom stereocenters. The Morgan fingerprint density at radius 3 is 2.25 bits per heavy atom. The molecule has 1 aromatic carbocycles. The molecule has 2 heteroatoms. The fourth-order valence-corrected chi connectivity index (χ4v) is 3.20. The van der Waals surface area contributed by atoms with Gasteiger partial charge in [-0.3, -0.25) is 0 Å². The van der Waals surface area contributed by atoms with Crippen molar-refractivity contribution in [2.75, 3.05) is 0 Å². The van der Waals surface area contributed by atoms with E-state index in [9.17, 15) is 4.79 Å². The molecule has 2 fully saturated rings. The van der Waals surface area contributed by atoms with Gasteiger partial charge >= 0.3 is 5.97 Å². The highest BCUT2D eigenvalue weighted by atomic mass is 16.4. The number of carbonyl (C=O) groups is 1. The van der Waals surface area contributed by atoms with Crippen molar-refractivity contribution in [2.45, 2.75) is 38.0 Å². The average molecular weight is 216 g/mol. The molecule has 0 atom stereocenters. The minimum Gasteiger partial charge on any atom is -0.478 e. The number of carboxylic acid groups (broad SMARTS) is 1. The van der Waals surface area contributed by atoms with E-state index >= 15 is 0 Å². The Hall–Kier alpha value is -1.31. The monoisotopic (exact) mass is 216 g/mol. The Bertz CT molecular complexity index is 407. The van der Waals surface area contributed by atoms with Crippen molar-refractivity contribution in [3.05, 3.63) is 35.4 Å². The maximum atomic E-state index is 10.7. The van der Waals surface area contributed by atoms with Gasteiger partial charge in [-0.15, -0.1) is 0 Å². The summed E-state index contributed by atoms with van der Waals surface area (Å²) >= 11 is 0. The summed E-state index contributed by atoms with van der Waals surface area (Å²) in [5, 5.41) is 8.82. The van der Waals surface area contributed by atoms with Gasteiger partial charge in [0.1, 0.15) is 0 Å². The zero-order valence-corrected chi connectivity index (χ0v) is 9.28. The normalized spacial score (nSPS) is 22.5. The zero-order valence-electron chi connectivity index (χ0n) is 9.28. The number of carboxylic acids is 1. The van der Waals surface area contributed by atoms with Crippen molar-refractivity contribution >= 4 is 5.97 Å². The number of benzene rings is 1. The Balaban J connectivity index is 1.69. The zero-order chi connectivity index (χ0) is 11.2. The molecule has 0 amide bonds. The van der Waals surface area contributed by atoms with Gasteiger partial charge in [-0.05, 0) is 54.7 Å². The van der Waals surface area contributed by atoms with Gasteiger partial charge in [0.15, 0.2) is 0 Å². The molecule has 1 N–H and O–H groups in total. The summed E-state index contributed by atoms with van der Waals surface area (Å²) in [6, 6.07) is 7.42. The maximum absolute atomic E-state index is 10.7. The van der Waals surface area contributed by atoms with Gasteiger partial charge in [0, 0.05) is 0 Å². The van der Waals surface area contributed by atoms with Gasteiger partial charge < -0.3 is 5.11 Å². The predicted octanol–water partition coefficient (Wildman–Crippen LogP) is 3.43. The molecule has 2 aliphatic rings. The average Bonchev–Trinajstić information content (AvgIpc) is 2.14. The summed E-state index contributed by atoms with van der Waals surface area (Å²) in [4.78, 5) is 10.7. The van der Waals surface area contributed by atoms with E-state index in [1.165, 1.54) is 37.7 Å². The molecule has 0 heterocycles. The quantitative estimate of drug-likeness (QED) is 0.822. The van der Waals surface area contributed by atoms with Crippen LogP contribution in [-0.4, -0.2) is 11.1 Å². The first-order valence-corrected chi connectivity index (χ1v) is 6.02. The van der Waals surface area contributed by atoms with Gasteiger partial charge in [-0.25, -0.2) is 4.79 Å². The second-order valence-corrected chi connectivity index (χ2v) is 5.39. The molecule has 16 heavy (non-hydrogen) atoms. The van der Waals surface area contributed by atoms with Crippen LogP contribution in [0.3, 0.4) is 0 Å². The third-order valence-corrected chi connectivity index (χ3v) is 4.40. The van der Waals surface area contributed by atoms with E-state index in [1.807, 2.05) is 12.1 Å². The largest absolute Gasteiger partial charge is 0.478 e. The molecule has 0 aliphatic heterocycles. The molecule has 2 aliphatic carbocycles. The summed E-state index contributed by atoms with van der Waals surface area (Å²) in [6.07, 6.45) is 6.87. The lowest BCUT2D eigenvalue weighted by molar-refractivity contribution is 0.00899. The van der Waals surface area contributed by atoms with Crippen LogP contribution in [0.4, 0.5) is 0 Å². The molecule has 1 aromatic rings. The van der Waals surface area contributed by atoms with Crippen LogP contribution in [0.1, 0.15) is 53.9 Å². The van der Waals surface area contributed by atoms with Crippen LogP contribution in [0.2, 0.25) is 0 Å². The first kappa shape index (κ1) is 9.88. The molecule has 0 radical (unpaired) electrons. The van der Waals surface area contributed by atoms with Crippen LogP contribution in [0.25, 0.3) is 0 Å². The van der Waals surface area contributed by atoms with Crippen LogP contribution in [0.15, 0.2) is 24.3 Å². The topological polar surface area (TPSA) is 37.3 Å². The van der Waals surface area contributed by atoms with Crippen LogP contribution < -0.4 is 0 Å². The molecular weight excluding hydrogens is 200 g/mol. The lowest BCUT2D eigenvalue weighted by Gasteiger charge is -2.54. The fraction of sp³-hybridized carbons (Fsp3) is 0.500. The highest BCUT2D eigenvalue weighted by Gasteiger charge is 2.48. The first-order chi connectivity index (χ1) is 7.69. The second kappa shape index (κ2) is 3.34. The minimum atomic E-state index is -0.837. The highest BCUT2D eigenvalue weighted by Crippen LogP contribution is 2.61. The van der Waals surface area contributed by atoms with E-state index in [0.29, 0.717) is 16.9 Å². The fourth-order valence-electron chi connectivity index (χ4n) is 3.20. The van der Waals surface area contributed by atoms with Crippen LogP contribution in [0, 0.1) is 5.41 Å². The summed E-state index contributed by atoms with van der Waals surface area (Å²) < 4.78 is 0. The molecule has 0 saturated heterocycles. The van der Waals surface area contributed by atoms with Gasteiger partial charge in [0.25, 0.3) is 0 Å². The third-order valence-electron chi connectivity index (χ3n) is 4.40. The lowest BCUT2D eigenvalue weighted by Crippen LogP contribution is -2.41. The van der Waals surface area contributed by atoms with Crippen LogP contribution >= 0.6 is 0 Å². The van der Waals surface area contributed by atoms with E-state index in [0.717, 1.165) is 0 Å². The number of hydrogen-bond acceptors (Lipinski definition) is 1. The molecule has 0 bridgehead atoms. The van der Waals surface area contributed by atoms with E-state index in [2.05, 4.69) is 0 Å². The number of aromatic carboxylic acids is 1. The van der Waals surface area contributed by atoms with Gasteiger partial charge in [-0.1, -0.05) is 18.6 Å². The van der Waals surface area contributed by atoms with Gasteiger partial charge in [-0.2, -0.15) is 0 Å². The molecular formula is C14H16O2. The van der Waals surface area contributed by atoms with E-state index < -0.39 is 5.97 Å². The van der Waals surface area contributed by atoms with Crippen LogP contribution in [0.5, 0.6) is 0 Å². The van der Waals surface area contributed by atoms with Crippen molar-refractivity contribution in [1.29, 1.82) is 0 Å². The molecule has 1 spiro atoms. The summed E-state index contributed by atoms with van der Waals surface area (Å²) in [7, 11) is 0. The lowest BCUT2D eigenvalue weighted by atomic mass is 9.51. The van der Waals surface area contributed by atoms with Crippen molar-refractivity contribution in [1.82, 2.24) is 0 Å². The van der Waals surface area contributed by atoms with E-state index in [-0.39, 0.29) is 0 Å².